The summed E-state index contributed by atoms with van der Waals surface area (Å²) in [6, 6.07) is 39.3. The lowest BCUT2D eigenvalue weighted by molar-refractivity contribution is 0.633. The van der Waals surface area contributed by atoms with Gasteiger partial charge in [0.05, 0.1) is 11.4 Å². The molecule has 7 rings (SSSR count). The number of benzene rings is 6. The lowest BCUT2D eigenvalue weighted by atomic mass is 9.72. The van der Waals surface area contributed by atoms with Crippen LogP contribution in [0.1, 0.15) is 25.0 Å². The van der Waals surface area contributed by atoms with E-state index in [4.69, 9.17) is 11.6 Å². The van der Waals surface area contributed by atoms with Crippen molar-refractivity contribution in [2.75, 3.05) is 4.90 Å². The molecule has 6 aromatic carbocycles. The molecular formula is C33H24ClN. The van der Waals surface area contributed by atoms with Gasteiger partial charge in [-0.2, -0.15) is 0 Å². The van der Waals surface area contributed by atoms with E-state index in [-0.39, 0.29) is 5.41 Å². The minimum atomic E-state index is -0.179. The van der Waals surface area contributed by atoms with E-state index in [9.17, 15) is 0 Å². The summed E-state index contributed by atoms with van der Waals surface area (Å²) < 4.78 is 0. The molecule has 0 aliphatic carbocycles. The first-order valence-corrected chi connectivity index (χ1v) is 12.4. The smallest absolute Gasteiger partial charge is 0.0517 e. The van der Waals surface area contributed by atoms with Gasteiger partial charge in [0.1, 0.15) is 0 Å². The summed E-state index contributed by atoms with van der Waals surface area (Å²) in [6.45, 7) is 4.66. The molecule has 0 saturated carbocycles. The summed E-state index contributed by atoms with van der Waals surface area (Å²) in [6.07, 6.45) is 0. The number of para-hydroxylation sites is 1. The Balaban J connectivity index is 1.67. The normalized spacial score (nSPS) is 14.3. The Hall–Kier alpha value is -3.81. The summed E-state index contributed by atoms with van der Waals surface area (Å²) in [5, 5.41) is 8.51. The zero-order chi connectivity index (χ0) is 23.7. The van der Waals surface area contributed by atoms with Crippen LogP contribution in [0.3, 0.4) is 0 Å². The van der Waals surface area contributed by atoms with Crippen LogP contribution in [0.25, 0.3) is 32.3 Å². The monoisotopic (exact) mass is 469 g/mol. The SMILES string of the molecule is CC1(C)c2ccc(Cl)cc2N(c2ccccc2)c2cc3c4ccccc4c4ccccc4c3cc21. The van der Waals surface area contributed by atoms with E-state index in [2.05, 4.69) is 122 Å². The fourth-order valence-corrected chi connectivity index (χ4v) is 6.14. The number of rotatable bonds is 1. The first-order chi connectivity index (χ1) is 17.0. The highest BCUT2D eigenvalue weighted by Crippen LogP contribution is 2.54. The Morgan fingerprint density at radius 1 is 0.514 bits per heavy atom. The van der Waals surface area contributed by atoms with Gasteiger partial charge in [-0.05, 0) is 79.8 Å². The highest BCUT2D eigenvalue weighted by molar-refractivity contribution is 6.31. The van der Waals surface area contributed by atoms with Crippen LogP contribution in [0, 0.1) is 0 Å². The van der Waals surface area contributed by atoms with Crippen LogP contribution in [0.2, 0.25) is 5.02 Å². The number of anilines is 3. The Morgan fingerprint density at radius 3 is 1.66 bits per heavy atom. The van der Waals surface area contributed by atoms with Crippen LogP contribution in [-0.2, 0) is 5.41 Å². The fraction of sp³-hybridized carbons (Fsp3) is 0.0909. The van der Waals surface area contributed by atoms with Crippen molar-refractivity contribution in [3.63, 3.8) is 0 Å². The Kier molecular flexibility index (Phi) is 4.31. The van der Waals surface area contributed by atoms with Crippen molar-refractivity contribution in [3.8, 4) is 0 Å². The second kappa shape index (κ2) is 7.34. The van der Waals surface area contributed by atoms with Gasteiger partial charge in [0.25, 0.3) is 0 Å². The van der Waals surface area contributed by atoms with Gasteiger partial charge in [-0.3, -0.25) is 0 Å². The summed E-state index contributed by atoms with van der Waals surface area (Å²) in [7, 11) is 0. The maximum absolute atomic E-state index is 6.56. The average molecular weight is 470 g/mol. The maximum Gasteiger partial charge on any atom is 0.0517 e. The van der Waals surface area contributed by atoms with Crippen LogP contribution in [0.4, 0.5) is 17.1 Å². The molecule has 0 saturated heterocycles. The number of hydrogen-bond donors (Lipinski definition) is 0. The van der Waals surface area contributed by atoms with Crippen LogP contribution < -0.4 is 4.90 Å². The van der Waals surface area contributed by atoms with Crippen molar-refractivity contribution < 1.29 is 0 Å². The molecular weight excluding hydrogens is 446 g/mol. The lowest BCUT2D eigenvalue weighted by Gasteiger charge is -2.42. The molecule has 0 N–H and O–H groups in total. The van der Waals surface area contributed by atoms with Gasteiger partial charge in [0.15, 0.2) is 0 Å². The van der Waals surface area contributed by atoms with E-state index in [0.717, 1.165) is 16.4 Å². The third-order valence-electron chi connectivity index (χ3n) is 7.66. The van der Waals surface area contributed by atoms with Crippen molar-refractivity contribution >= 4 is 61.0 Å². The molecule has 1 aliphatic rings. The molecule has 35 heavy (non-hydrogen) atoms. The molecule has 0 radical (unpaired) electrons. The van der Waals surface area contributed by atoms with Crippen molar-refractivity contribution in [2.24, 2.45) is 0 Å². The number of halogens is 1. The first kappa shape index (κ1) is 20.6. The number of hydrogen-bond acceptors (Lipinski definition) is 1. The van der Waals surface area contributed by atoms with Gasteiger partial charge in [0, 0.05) is 16.1 Å². The third-order valence-corrected chi connectivity index (χ3v) is 7.90. The van der Waals surface area contributed by atoms with Crippen LogP contribution in [0.15, 0.2) is 109 Å². The van der Waals surface area contributed by atoms with E-state index in [1.807, 2.05) is 6.07 Å². The van der Waals surface area contributed by atoms with E-state index >= 15 is 0 Å². The van der Waals surface area contributed by atoms with Crippen molar-refractivity contribution in [1.82, 2.24) is 0 Å². The fourth-order valence-electron chi connectivity index (χ4n) is 5.97. The molecule has 0 aromatic heterocycles. The summed E-state index contributed by atoms with van der Waals surface area (Å²) in [5.41, 5.74) is 5.92. The first-order valence-electron chi connectivity index (χ1n) is 12.1. The molecule has 0 fully saturated rings. The number of fused-ring (bicyclic) bond motifs is 8. The Morgan fingerprint density at radius 2 is 1.03 bits per heavy atom. The molecule has 0 atom stereocenters. The molecule has 168 valence electrons. The lowest BCUT2D eigenvalue weighted by Crippen LogP contribution is -2.30. The zero-order valence-corrected chi connectivity index (χ0v) is 20.5. The van der Waals surface area contributed by atoms with Crippen molar-refractivity contribution in [1.29, 1.82) is 0 Å². The molecule has 1 nitrogen and oxygen atoms in total. The molecule has 6 aromatic rings. The standard InChI is InChI=1S/C33H24ClN/c1-33(2)29-17-16-21(34)18-31(29)35(22-10-4-3-5-11-22)32-20-28-26-15-9-7-13-24(26)23-12-6-8-14-25(23)27(28)19-30(32)33/h3-20H,1-2H3. The van der Waals surface area contributed by atoms with Gasteiger partial charge in [-0.1, -0.05) is 98.2 Å². The summed E-state index contributed by atoms with van der Waals surface area (Å²) >= 11 is 6.56. The molecule has 0 spiro atoms. The average Bonchev–Trinajstić information content (AvgIpc) is 2.89. The highest BCUT2D eigenvalue weighted by Gasteiger charge is 2.37. The largest absolute Gasteiger partial charge is 0.310 e. The Bertz CT molecular complexity index is 1780. The summed E-state index contributed by atoms with van der Waals surface area (Å²) in [5.74, 6) is 0. The van der Waals surface area contributed by atoms with Gasteiger partial charge < -0.3 is 4.90 Å². The van der Waals surface area contributed by atoms with Crippen LogP contribution in [0.5, 0.6) is 0 Å². The maximum atomic E-state index is 6.56. The highest BCUT2D eigenvalue weighted by atomic mass is 35.5. The van der Waals surface area contributed by atoms with E-state index in [0.29, 0.717) is 0 Å². The van der Waals surface area contributed by atoms with Gasteiger partial charge in [-0.15, -0.1) is 0 Å². The molecule has 0 amide bonds. The minimum absolute atomic E-state index is 0.179. The van der Waals surface area contributed by atoms with Crippen molar-refractivity contribution in [2.45, 2.75) is 19.3 Å². The number of nitrogens with zero attached hydrogens (tertiary/aromatic N) is 1. The van der Waals surface area contributed by atoms with E-state index < -0.39 is 0 Å². The second-order valence-corrected chi connectivity index (χ2v) is 10.4. The van der Waals surface area contributed by atoms with E-state index in [1.54, 1.807) is 0 Å². The third kappa shape index (κ3) is 2.89. The minimum Gasteiger partial charge on any atom is -0.310 e. The predicted octanol–water partition coefficient (Wildman–Crippen LogP) is 9.91. The molecule has 2 heteroatoms. The zero-order valence-electron chi connectivity index (χ0n) is 19.7. The quantitative estimate of drug-likeness (QED) is 0.216. The predicted molar refractivity (Wildman–Crippen MR) is 151 cm³/mol. The molecule has 1 heterocycles. The van der Waals surface area contributed by atoms with Gasteiger partial charge in [0.2, 0.25) is 0 Å². The van der Waals surface area contributed by atoms with Gasteiger partial charge >= 0.3 is 0 Å². The Labute approximate surface area is 210 Å². The van der Waals surface area contributed by atoms with Gasteiger partial charge in [-0.25, -0.2) is 0 Å². The van der Waals surface area contributed by atoms with Crippen LogP contribution in [-0.4, -0.2) is 0 Å². The molecule has 0 unspecified atom stereocenters. The van der Waals surface area contributed by atoms with Crippen LogP contribution >= 0.6 is 11.6 Å². The topological polar surface area (TPSA) is 3.24 Å². The summed E-state index contributed by atoms with van der Waals surface area (Å²) in [4.78, 5) is 2.38. The molecule has 1 aliphatic heterocycles. The second-order valence-electron chi connectivity index (χ2n) is 9.96. The van der Waals surface area contributed by atoms with Crippen molar-refractivity contribution in [3.05, 3.63) is 125 Å². The van der Waals surface area contributed by atoms with E-state index in [1.165, 1.54) is 49.1 Å². The molecule has 0 bridgehead atoms.